The van der Waals surface area contributed by atoms with Crippen molar-refractivity contribution in [1.82, 2.24) is 9.97 Å². The molecule has 0 aliphatic heterocycles. The van der Waals surface area contributed by atoms with Crippen LogP contribution in [0.15, 0.2) is 60.7 Å². The number of aromatic nitrogens is 2. The number of thiophene rings is 2. The van der Waals surface area contributed by atoms with Crippen LogP contribution in [0, 0.1) is 37.5 Å². The summed E-state index contributed by atoms with van der Waals surface area (Å²) in [4.78, 5) is 13.9. The Bertz CT molecular complexity index is 1160. The first kappa shape index (κ1) is 18.2. The number of hydrogen-bond acceptors (Lipinski definition) is 4. The van der Waals surface area contributed by atoms with Gasteiger partial charge in [-0.1, -0.05) is 12.1 Å². The largest absolute Gasteiger partial charge is 0.238 e. The Hall–Kier alpha value is -3.18. The lowest BCUT2D eigenvalue weighted by Gasteiger charge is -2.01. The summed E-state index contributed by atoms with van der Waals surface area (Å²) in [7, 11) is 0. The lowest BCUT2D eigenvalue weighted by Crippen LogP contribution is -1.92. The van der Waals surface area contributed by atoms with Crippen LogP contribution in [-0.2, 0) is 0 Å². The van der Waals surface area contributed by atoms with Crippen molar-refractivity contribution in [1.29, 1.82) is 0 Å². The van der Waals surface area contributed by atoms with Crippen LogP contribution in [0.5, 0.6) is 0 Å². The maximum atomic E-state index is 4.65. The molecule has 4 heteroatoms. The Morgan fingerprint density at radius 3 is 1.43 bits per heavy atom. The maximum Gasteiger partial charge on any atom is 0.114 e. The summed E-state index contributed by atoms with van der Waals surface area (Å²) in [6.07, 6.45) is 0. The number of hydrogen-bond donors (Lipinski definition) is 0. The molecule has 0 N–H and O–H groups in total. The van der Waals surface area contributed by atoms with E-state index < -0.39 is 0 Å². The second-order valence-electron chi connectivity index (χ2n) is 6.14. The summed E-state index contributed by atoms with van der Waals surface area (Å²) in [6.45, 7) is 4.16. The van der Waals surface area contributed by atoms with Crippen molar-refractivity contribution >= 4 is 22.7 Å². The fourth-order valence-corrected chi connectivity index (χ4v) is 3.99. The molecule has 4 heterocycles. The minimum Gasteiger partial charge on any atom is -0.238 e. The Labute approximate surface area is 173 Å². The molecule has 134 valence electrons. The molecule has 0 aromatic carbocycles. The summed E-state index contributed by atoms with van der Waals surface area (Å²) in [5.41, 5.74) is 3.06. The van der Waals surface area contributed by atoms with Crippen molar-refractivity contribution in [2.75, 3.05) is 0 Å². The van der Waals surface area contributed by atoms with Crippen LogP contribution in [0.2, 0.25) is 0 Å². The van der Waals surface area contributed by atoms with Gasteiger partial charge in [-0.3, -0.25) is 0 Å². The zero-order chi connectivity index (χ0) is 19.3. The molecular formula is C24H16N2S2. The summed E-state index contributed by atoms with van der Waals surface area (Å²) >= 11 is 3.37. The topological polar surface area (TPSA) is 25.8 Å². The molecule has 4 aromatic heterocycles. The number of rotatable bonds is 1. The van der Waals surface area contributed by atoms with Crippen LogP contribution in [0.1, 0.15) is 30.9 Å². The maximum absolute atomic E-state index is 4.65. The van der Waals surface area contributed by atoms with Crippen LogP contribution in [0.4, 0.5) is 0 Å². The molecule has 0 fully saturated rings. The van der Waals surface area contributed by atoms with E-state index in [1.807, 2.05) is 48.5 Å². The molecule has 0 unspecified atom stereocenters. The van der Waals surface area contributed by atoms with Gasteiger partial charge in [0.15, 0.2) is 0 Å². The third kappa shape index (κ3) is 4.56. The minimum atomic E-state index is 0.732. The van der Waals surface area contributed by atoms with Gasteiger partial charge in [0.05, 0.1) is 21.1 Å². The molecule has 0 saturated heterocycles. The van der Waals surface area contributed by atoms with E-state index in [0.29, 0.717) is 0 Å². The van der Waals surface area contributed by atoms with E-state index in [1.54, 1.807) is 22.7 Å². The first-order chi connectivity index (χ1) is 13.7. The monoisotopic (exact) mass is 396 g/mol. The molecule has 4 rings (SSSR count). The molecule has 0 bridgehead atoms. The number of aryl methyl sites for hydroxylation is 2. The molecule has 0 saturated carbocycles. The molecule has 2 nitrogen and oxygen atoms in total. The van der Waals surface area contributed by atoms with E-state index in [-0.39, 0.29) is 0 Å². The van der Waals surface area contributed by atoms with Gasteiger partial charge in [0.25, 0.3) is 0 Å². The summed E-state index contributed by atoms with van der Waals surface area (Å²) in [5, 5.41) is 0. The fraction of sp³-hybridized carbons (Fsp3) is 0.0833. The fourth-order valence-electron chi connectivity index (χ4n) is 2.55. The van der Waals surface area contributed by atoms with E-state index in [0.717, 1.165) is 32.5 Å². The predicted octanol–water partition coefficient (Wildman–Crippen LogP) is 5.68. The average Bonchev–Trinajstić information content (AvgIpc) is 3.33. The number of nitrogens with zero attached hydrogens (tertiary/aromatic N) is 2. The van der Waals surface area contributed by atoms with E-state index in [2.05, 4.69) is 59.6 Å². The highest BCUT2D eigenvalue weighted by molar-refractivity contribution is 7.12. The van der Waals surface area contributed by atoms with E-state index in [4.69, 9.17) is 0 Å². The lowest BCUT2D eigenvalue weighted by molar-refractivity contribution is 1.21. The first-order valence-corrected chi connectivity index (χ1v) is 10.4. The molecule has 28 heavy (non-hydrogen) atoms. The minimum absolute atomic E-state index is 0.732. The van der Waals surface area contributed by atoms with Gasteiger partial charge in [0.1, 0.15) is 11.4 Å². The van der Waals surface area contributed by atoms with Gasteiger partial charge in [0, 0.05) is 9.75 Å². The van der Waals surface area contributed by atoms with Gasteiger partial charge >= 0.3 is 0 Å². The third-order valence-electron chi connectivity index (χ3n) is 3.87. The van der Waals surface area contributed by atoms with Gasteiger partial charge in [-0.2, -0.15) is 0 Å². The van der Waals surface area contributed by atoms with Crippen molar-refractivity contribution in [3.63, 3.8) is 0 Å². The highest BCUT2D eigenvalue weighted by Crippen LogP contribution is 2.17. The van der Waals surface area contributed by atoms with Crippen molar-refractivity contribution in [3.05, 3.63) is 91.6 Å². The van der Waals surface area contributed by atoms with Crippen LogP contribution in [0.25, 0.3) is 11.4 Å². The second-order valence-corrected chi connectivity index (χ2v) is 8.71. The summed E-state index contributed by atoms with van der Waals surface area (Å²) < 4.78 is 0. The van der Waals surface area contributed by atoms with Gasteiger partial charge in [-0.05, 0) is 86.1 Å². The quantitative estimate of drug-likeness (QED) is 0.387. The van der Waals surface area contributed by atoms with E-state index in [1.165, 1.54) is 9.75 Å². The zero-order valence-corrected chi connectivity index (χ0v) is 17.1. The molecule has 0 amide bonds. The third-order valence-corrected chi connectivity index (χ3v) is 5.70. The van der Waals surface area contributed by atoms with E-state index in [9.17, 15) is 0 Å². The SMILES string of the molecule is Cc1ccc(C#Cc2cccc(-c3cccc(C#Cc4ccc(C)s4)n3)n2)s1. The van der Waals surface area contributed by atoms with Crippen molar-refractivity contribution in [3.8, 4) is 35.1 Å². The highest BCUT2D eigenvalue weighted by Gasteiger charge is 2.03. The molecule has 0 spiro atoms. The predicted molar refractivity (Wildman–Crippen MR) is 118 cm³/mol. The molecule has 0 atom stereocenters. The molecule has 0 radical (unpaired) electrons. The van der Waals surface area contributed by atoms with Gasteiger partial charge < -0.3 is 0 Å². The van der Waals surface area contributed by atoms with Crippen LogP contribution < -0.4 is 0 Å². The van der Waals surface area contributed by atoms with Gasteiger partial charge in [-0.15, -0.1) is 22.7 Å². The van der Waals surface area contributed by atoms with Crippen molar-refractivity contribution in [2.24, 2.45) is 0 Å². The van der Waals surface area contributed by atoms with E-state index >= 15 is 0 Å². The van der Waals surface area contributed by atoms with Crippen LogP contribution in [0.3, 0.4) is 0 Å². The van der Waals surface area contributed by atoms with Gasteiger partial charge in [-0.25, -0.2) is 9.97 Å². The average molecular weight is 397 g/mol. The molecule has 0 aliphatic rings. The van der Waals surface area contributed by atoms with Gasteiger partial charge in [0.2, 0.25) is 0 Å². The van der Waals surface area contributed by atoms with Crippen molar-refractivity contribution in [2.45, 2.75) is 13.8 Å². The Balaban J connectivity index is 1.59. The highest BCUT2D eigenvalue weighted by atomic mass is 32.1. The van der Waals surface area contributed by atoms with Crippen LogP contribution in [-0.4, -0.2) is 9.97 Å². The summed E-state index contributed by atoms with van der Waals surface area (Å²) in [6, 6.07) is 19.9. The van der Waals surface area contributed by atoms with Crippen LogP contribution >= 0.6 is 22.7 Å². The lowest BCUT2D eigenvalue weighted by atomic mass is 10.2. The number of pyridine rings is 2. The first-order valence-electron chi connectivity index (χ1n) is 8.77. The normalized spacial score (nSPS) is 9.93. The Morgan fingerprint density at radius 1 is 0.571 bits per heavy atom. The second kappa shape index (κ2) is 8.23. The van der Waals surface area contributed by atoms with Crippen molar-refractivity contribution < 1.29 is 0 Å². The molecule has 4 aromatic rings. The standard InChI is InChI=1S/C24H16N2S2/c1-17-9-13-21(27-17)15-11-19-5-3-7-23(25-19)24-8-4-6-20(26-24)12-16-22-14-10-18(2)28-22/h3-10,13-14H,1-2H3. The Kier molecular flexibility index (Phi) is 5.35. The molecular weight excluding hydrogens is 380 g/mol. The smallest absolute Gasteiger partial charge is 0.114 e. The zero-order valence-electron chi connectivity index (χ0n) is 15.5. The summed E-state index contributed by atoms with van der Waals surface area (Å²) in [5.74, 6) is 12.6. The Morgan fingerprint density at radius 2 is 1.04 bits per heavy atom. The molecule has 0 aliphatic carbocycles.